The third-order valence-corrected chi connectivity index (χ3v) is 11.7. The van der Waals surface area contributed by atoms with Gasteiger partial charge in [-0.05, 0) is 159 Å². The molecule has 1 aliphatic rings. The summed E-state index contributed by atoms with van der Waals surface area (Å²) in [6.07, 6.45) is 19.0. The van der Waals surface area contributed by atoms with Crippen molar-refractivity contribution in [1.29, 1.82) is 0 Å². The van der Waals surface area contributed by atoms with Gasteiger partial charge in [-0.3, -0.25) is 0 Å². The van der Waals surface area contributed by atoms with E-state index in [0.29, 0.717) is 5.92 Å². The number of aryl methyl sites for hydroxylation is 1. The molecule has 0 heterocycles. The number of hydrogen-bond acceptors (Lipinski definition) is 0. The first-order chi connectivity index (χ1) is 28.8. The molecule has 1 unspecified atom stereocenters. The van der Waals surface area contributed by atoms with E-state index in [1.165, 1.54) is 83.5 Å². The summed E-state index contributed by atoms with van der Waals surface area (Å²) < 4.78 is 0. The third-order valence-electron chi connectivity index (χ3n) is 11.7. The lowest BCUT2D eigenvalue weighted by atomic mass is 9.90. The van der Waals surface area contributed by atoms with Gasteiger partial charge in [0.2, 0.25) is 0 Å². The van der Waals surface area contributed by atoms with E-state index >= 15 is 0 Å². The molecule has 0 aliphatic heterocycles. The number of hydrogen-bond donors (Lipinski definition) is 0. The molecule has 6 aromatic carbocycles. The lowest BCUT2D eigenvalue weighted by molar-refractivity contribution is 0.759. The van der Waals surface area contributed by atoms with Crippen molar-refractivity contribution in [2.24, 2.45) is 0 Å². The second-order valence-corrected chi connectivity index (χ2v) is 15.7. The van der Waals surface area contributed by atoms with E-state index in [4.69, 9.17) is 0 Å². The zero-order chi connectivity index (χ0) is 41.3. The van der Waals surface area contributed by atoms with Crippen molar-refractivity contribution in [3.63, 3.8) is 0 Å². The fourth-order valence-electron chi connectivity index (χ4n) is 8.54. The molecule has 1 atom stereocenters. The summed E-state index contributed by atoms with van der Waals surface area (Å²) in [4.78, 5) is 0. The summed E-state index contributed by atoms with van der Waals surface area (Å²) in [7, 11) is 0. The van der Waals surface area contributed by atoms with E-state index in [9.17, 15) is 0 Å². The normalized spacial score (nSPS) is 13.8. The highest BCUT2D eigenvalue weighted by molar-refractivity contribution is 5.88. The van der Waals surface area contributed by atoms with Crippen LogP contribution in [0.15, 0.2) is 207 Å². The van der Waals surface area contributed by atoms with E-state index in [0.717, 1.165) is 42.4 Å². The van der Waals surface area contributed by atoms with Gasteiger partial charge >= 0.3 is 0 Å². The molecule has 0 amide bonds. The Labute approximate surface area is 353 Å². The molecule has 59 heavy (non-hydrogen) atoms. The van der Waals surface area contributed by atoms with Crippen LogP contribution in [0.5, 0.6) is 0 Å². The molecule has 7 rings (SSSR count). The minimum absolute atomic E-state index is 0.449. The third kappa shape index (κ3) is 9.14. The van der Waals surface area contributed by atoms with Crippen molar-refractivity contribution in [3.8, 4) is 55.6 Å². The Bertz CT molecular complexity index is 2650. The van der Waals surface area contributed by atoms with Gasteiger partial charge in [0.15, 0.2) is 0 Å². The zero-order valence-electron chi connectivity index (χ0n) is 35.3. The predicted octanol–water partition coefficient (Wildman–Crippen LogP) is 17.2. The topological polar surface area (TPSA) is 0 Å². The smallest absolute Gasteiger partial charge is 0.00640 e. The van der Waals surface area contributed by atoms with Gasteiger partial charge in [-0.25, -0.2) is 0 Å². The Morgan fingerprint density at radius 1 is 0.593 bits per heavy atom. The molecule has 292 valence electrons. The summed E-state index contributed by atoms with van der Waals surface area (Å²) in [5.41, 5.74) is 22.1. The van der Waals surface area contributed by atoms with Crippen LogP contribution in [0, 0.1) is 6.92 Å². The lowest BCUT2D eigenvalue weighted by Gasteiger charge is -2.14. The first kappa shape index (κ1) is 40.7. The molecule has 0 N–H and O–H groups in total. The van der Waals surface area contributed by atoms with Gasteiger partial charge in [0.05, 0.1) is 0 Å². The van der Waals surface area contributed by atoms with Crippen LogP contribution in [-0.2, 0) is 0 Å². The van der Waals surface area contributed by atoms with Gasteiger partial charge in [-0.1, -0.05) is 191 Å². The highest BCUT2D eigenvalue weighted by Crippen LogP contribution is 2.47. The predicted molar refractivity (Wildman–Crippen MR) is 259 cm³/mol. The van der Waals surface area contributed by atoms with Crippen LogP contribution in [0.2, 0.25) is 0 Å². The summed E-state index contributed by atoms with van der Waals surface area (Å²) in [6.45, 7) is 21.5. The lowest BCUT2D eigenvalue weighted by Crippen LogP contribution is -1.97. The average Bonchev–Trinajstić information content (AvgIpc) is 3.59. The number of fused-ring (bicyclic) bond motifs is 1. The highest BCUT2D eigenvalue weighted by atomic mass is 14.3. The molecule has 1 aliphatic carbocycles. The second kappa shape index (κ2) is 18.8. The van der Waals surface area contributed by atoms with Crippen LogP contribution >= 0.6 is 0 Å². The van der Waals surface area contributed by atoms with E-state index in [-0.39, 0.29) is 0 Å². The second-order valence-electron chi connectivity index (χ2n) is 15.7. The molecule has 6 aromatic rings. The van der Waals surface area contributed by atoms with Gasteiger partial charge in [0, 0.05) is 5.92 Å². The van der Waals surface area contributed by atoms with Crippen molar-refractivity contribution in [3.05, 3.63) is 229 Å². The Kier molecular flexibility index (Phi) is 13.0. The van der Waals surface area contributed by atoms with Crippen molar-refractivity contribution < 1.29 is 0 Å². The van der Waals surface area contributed by atoms with Crippen LogP contribution in [-0.4, -0.2) is 0 Å². The summed E-state index contributed by atoms with van der Waals surface area (Å²) >= 11 is 0. The Morgan fingerprint density at radius 2 is 1.07 bits per heavy atom. The van der Waals surface area contributed by atoms with E-state index in [1.54, 1.807) is 0 Å². The molecule has 0 fully saturated rings. The summed E-state index contributed by atoms with van der Waals surface area (Å²) in [6, 6.07) is 49.4. The average molecular weight is 765 g/mol. The molecular formula is C59H56. The largest absolute Gasteiger partial charge is 0.0984 e. The quantitative estimate of drug-likeness (QED) is 0.0722. The summed E-state index contributed by atoms with van der Waals surface area (Å²) in [5, 5.41) is 0. The molecule has 0 spiro atoms. The molecule has 0 radical (unpaired) electrons. The number of benzene rings is 6. The van der Waals surface area contributed by atoms with E-state index < -0.39 is 0 Å². The van der Waals surface area contributed by atoms with Gasteiger partial charge in [0.25, 0.3) is 0 Å². The fourth-order valence-corrected chi connectivity index (χ4v) is 8.54. The number of rotatable bonds is 15. The first-order valence-electron chi connectivity index (χ1n) is 21.2. The van der Waals surface area contributed by atoms with E-state index in [1.807, 2.05) is 0 Å². The SMILES string of the molecule is C=CC1=C(CC=CC)C(CC)c2ccc(-c3cccc(-c4cccc(-c5cccc(-c6cccc(-c7ccc(C)c(C(=C)/C=C\C=C/C(=C)CCC)c7)c6)c5)c4)c3)cc21. The van der Waals surface area contributed by atoms with Crippen LogP contribution < -0.4 is 0 Å². The summed E-state index contributed by atoms with van der Waals surface area (Å²) in [5.74, 6) is 0.449. The zero-order valence-corrected chi connectivity index (χ0v) is 35.3. The maximum atomic E-state index is 4.40. The molecule has 0 aromatic heterocycles. The molecule has 0 heteroatoms. The maximum absolute atomic E-state index is 4.40. The minimum Gasteiger partial charge on any atom is -0.0984 e. The standard InChI is InChI=1S/C59H56/c1-8-12-30-56-54(10-3)57-34-33-53(40-59(57)55(56)11-4)51-29-18-27-49(38-51)47-25-16-23-45(36-47)44-22-15-24-46(35-44)48-26-17-28-50(37-48)52-32-31-43(7)58(39-52)42(6)21-14-13-20-41(5)19-9-2/h8,11-18,20-29,31-40,54H,4-6,9-10,19,30H2,1-3,7H3/b12-8?,20-13-,21-14-. The van der Waals surface area contributed by atoms with Gasteiger partial charge < -0.3 is 0 Å². The monoisotopic (exact) mass is 764 g/mol. The Balaban J connectivity index is 1.13. The van der Waals surface area contributed by atoms with Crippen molar-refractivity contribution >= 4 is 11.1 Å². The molecule has 0 nitrogen and oxygen atoms in total. The van der Waals surface area contributed by atoms with Crippen LogP contribution in [0.1, 0.15) is 74.6 Å². The van der Waals surface area contributed by atoms with Crippen LogP contribution in [0.4, 0.5) is 0 Å². The van der Waals surface area contributed by atoms with Crippen molar-refractivity contribution in [2.75, 3.05) is 0 Å². The van der Waals surface area contributed by atoms with Crippen LogP contribution in [0.25, 0.3) is 66.8 Å². The Hall–Kier alpha value is -6.50. The molecule has 0 saturated heterocycles. The van der Waals surface area contributed by atoms with E-state index in [2.05, 4.69) is 223 Å². The minimum atomic E-state index is 0.449. The molecule has 0 bridgehead atoms. The fraction of sp³-hybridized carbons (Fsp3) is 0.153. The van der Waals surface area contributed by atoms with Gasteiger partial charge in [0.1, 0.15) is 0 Å². The first-order valence-corrected chi connectivity index (χ1v) is 21.2. The van der Waals surface area contributed by atoms with Crippen molar-refractivity contribution in [1.82, 2.24) is 0 Å². The van der Waals surface area contributed by atoms with Crippen LogP contribution in [0.3, 0.4) is 0 Å². The maximum Gasteiger partial charge on any atom is 0.00640 e. The molecular weight excluding hydrogens is 709 g/mol. The Morgan fingerprint density at radius 3 is 1.54 bits per heavy atom. The van der Waals surface area contributed by atoms with Gasteiger partial charge in [-0.2, -0.15) is 0 Å². The highest BCUT2D eigenvalue weighted by Gasteiger charge is 2.28. The van der Waals surface area contributed by atoms with Crippen molar-refractivity contribution in [2.45, 2.75) is 59.3 Å². The number of allylic oxidation sites excluding steroid dienone is 11. The molecule has 0 saturated carbocycles. The van der Waals surface area contributed by atoms with Gasteiger partial charge in [-0.15, -0.1) is 0 Å².